The lowest BCUT2D eigenvalue weighted by atomic mass is 9.76. The summed E-state index contributed by atoms with van der Waals surface area (Å²) in [5.41, 5.74) is -0.318. The second kappa shape index (κ2) is 9.20. The van der Waals surface area contributed by atoms with Crippen molar-refractivity contribution < 1.29 is 28.2 Å². The maximum Gasteiger partial charge on any atom is 0.258 e. The Hall–Kier alpha value is -3.07. The van der Waals surface area contributed by atoms with E-state index in [9.17, 15) is 14.0 Å². The molecule has 0 saturated heterocycles. The maximum absolute atomic E-state index is 13.5. The van der Waals surface area contributed by atoms with Crippen molar-refractivity contribution in [3.8, 4) is 17.4 Å². The minimum Gasteiger partial charge on any atom is -0.484 e. The van der Waals surface area contributed by atoms with Crippen LogP contribution in [0.25, 0.3) is 0 Å². The van der Waals surface area contributed by atoms with Gasteiger partial charge in [-0.2, -0.15) is 0 Å². The van der Waals surface area contributed by atoms with Crippen molar-refractivity contribution in [3.05, 3.63) is 47.4 Å². The second-order valence-corrected chi connectivity index (χ2v) is 8.47. The SMILES string of the molecule is COc1ccc(OCC(=O)NC23CC(C2)C(NC(=O)COc2ccc(Cl)c(F)c2)C3)cn1. The van der Waals surface area contributed by atoms with E-state index in [0.717, 1.165) is 18.9 Å². The molecule has 8 nitrogen and oxygen atoms in total. The van der Waals surface area contributed by atoms with E-state index in [2.05, 4.69) is 15.6 Å². The van der Waals surface area contributed by atoms with E-state index in [0.29, 0.717) is 24.0 Å². The van der Waals surface area contributed by atoms with Gasteiger partial charge >= 0.3 is 0 Å². The predicted molar refractivity (Wildman–Crippen MR) is 113 cm³/mol. The lowest BCUT2D eigenvalue weighted by Gasteiger charge is -2.39. The van der Waals surface area contributed by atoms with Crippen molar-refractivity contribution >= 4 is 23.4 Å². The summed E-state index contributed by atoms with van der Waals surface area (Å²) in [5, 5.41) is 5.98. The second-order valence-electron chi connectivity index (χ2n) is 8.06. The zero-order valence-corrected chi connectivity index (χ0v) is 18.2. The number of rotatable bonds is 9. The molecular formula is C22H23ClFN3O5. The highest BCUT2D eigenvalue weighted by Gasteiger charge is 2.57. The van der Waals surface area contributed by atoms with Gasteiger partial charge in [-0.3, -0.25) is 9.59 Å². The highest BCUT2D eigenvalue weighted by atomic mass is 35.5. The van der Waals surface area contributed by atoms with E-state index in [4.69, 9.17) is 25.8 Å². The molecule has 2 N–H and O–H groups in total. The van der Waals surface area contributed by atoms with Gasteiger partial charge in [0.15, 0.2) is 13.2 Å². The molecule has 1 atom stereocenters. The van der Waals surface area contributed by atoms with Gasteiger partial charge < -0.3 is 24.8 Å². The van der Waals surface area contributed by atoms with Gasteiger partial charge in [-0.05, 0) is 43.4 Å². The first-order valence-corrected chi connectivity index (χ1v) is 10.5. The number of nitrogens with one attached hydrogen (secondary N) is 2. The molecule has 2 amide bonds. The number of amides is 2. The van der Waals surface area contributed by atoms with Crippen LogP contribution in [0.15, 0.2) is 36.5 Å². The summed E-state index contributed by atoms with van der Waals surface area (Å²) in [6.07, 6.45) is 3.74. The van der Waals surface area contributed by atoms with Crippen LogP contribution in [0.5, 0.6) is 17.4 Å². The molecule has 0 radical (unpaired) electrons. The third kappa shape index (κ3) is 5.04. The smallest absolute Gasteiger partial charge is 0.258 e. The van der Waals surface area contributed by atoms with Crippen molar-refractivity contribution in [2.45, 2.75) is 30.8 Å². The van der Waals surface area contributed by atoms with Gasteiger partial charge in [0.2, 0.25) is 5.88 Å². The van der Waals surface area contributed by atoms with Crippen molar-refractivity contribution in [1.29, 1.82) is 0 Å². The molecular weight excluding hydrogens is 441 g/mol. The summed E-state index contributed by atoms with van der Waals surface area (Å²) in [4.78, 5) is 28.6. The minimum absolute atomic E-state index is 0.00839. The number of halogens is 2. The van der Waals surface area contributed by atoms with Gasteiger partial charge in [0.25, 0.3) is 11.8 Å². The Morgan fingerprint density at radius 1 is 1.12 bits per heavy atom. The van der Waals surface area contributed by atoms with Crippen molar-refractivity contribution in [3.63, 3.8) is 0 Å². The van der Waals surface area contributed by atoms with Crippen molar-refractivity contribution in [2.24, 2.45) is 5.92 Å². The normalized spacial score (nSPS) is 23.1. The Morgan fingerprint density at radius 3 is 2.53 bits per heavy atom. The number of benzene rings is 1. The molecule has 0 spiro atoms. The summed E-state index contributed by atoms with van der Waals surface area (Å²) in [6.45, 7) is -0.351. The van der Waals surface area contributed by atoms with Crippen LogP contribution in [-0.4, -0.2) is 48.7 Å². The molecule has 1 aromatic carbocycles. The Balaban J connectivity index is 1.19. The van der Waals surface area contributed by atoms with Gasteiger partial charge in [0.1, 0.15) is 17.3 Å². The van der Waals surface area contributed by atoms with Crippen LogP contribution in [0.2, 0.25) is 5.02 Å². The highest BCUT2D eigenvalue weighted by molar-refractivity contribution is 6.30. The number of methoxy groups -OCH3 is 1. The van der Waals surface area contributed by atoms with Gasteiger partial charge in [0.05, 0.1) is 18.3 Å². The Morgan fingerprint density at radius 2 is 1.84 bits per heavy atom. The standard InChI is InChI=1S/C22H23ClFN3O5/c1-30-21-5-3-15(10-25-21)32-12-20(29)27-22-7-13(8-22)18(9-22)26-19(28)11-31-14-2-4-16(23)17(24)6-14/h2-6,10,13,18H,7-9,11-12H2,1H3,(H,26,28)(H,27,29). The zero-order chi connectivity index (χ0) is 22.7. The lowest BCUT2D eigenvalue weighted by molar-refractivity contribution is -0.126. The van der Waals surface area contributed by atoms with E-state index in [1.54, 1.807) is 12.1 Å². The molecule has 32 heavy (non-hydrogen) atoms. The monoisotopic (exact) mass is 463 g/mol. The summed E-state index contributed by atoms with van der Waals surface area (Å²) in [5.74, 6) is 0.348. The highest BCUT2D eigenvalue weighted by Crippen LogP contribution is 2.52. The van der Waals surface area contributed by atoms with E-state index in [1.165, 1.54) is 25.4 Å². The zero-order valence-electron chi connectivity index (χ0n) is 17.4. The predicted octanol–water partition coefficient (Wildman–Crippen LogP) is 2.49. The molecule has 1 aromatic heterocycles. The van der Waals surface area contributed by atoms with Gasteiger partial charge in [-0.25, -0.2) is 9.37 Å². The summed E-state index contributed by atoms with van der Waals surface area (Å²) in [6, 6.07) is 7.30. The van der Waals surface area contributed by atoms with Crippen LogP contribution in [0.3, 0.4) is 0 Å². The van der Waals surface area contributed by atoms with Gasteiger partial charge in [-0.15, -0.1) is 0 Å². The Labute approximate surface area is 189 Å². The third-order valence-corrected chi connectivity index (χ3v) is 6.09. The fraction of sp³-hybridized carbons (Fsp3) is 0.409. The third-order valence-electron chi connectivity index (χ3n) is 5.79. The first kappa shape index (κ1) is 22.1. The topological polar surface area (TPSA) is 98.8 Å². The molecule has 3 saturated carbocycles. The average molecular weight is 464 g/mol. The molecule has 170 valence electrons. The number of carbonyl (C=O) groups is 2. The van der Waals surface area contributed by atoms with Crippen LogP contribution in [0.4, 0.5) is 4.39 Å². The fourth-order valence-corrected chi connectivity index (χ4v) is 4.44. The Kier molecular flexibility index (Phi) is 6.36. The van der Waals surface area contributed by atoms with Crippen molar-refractivity contribution in [1.82, 2.24) is 15.6 Å². The molecule has 3 fully saturated rings. The van der Waals surface area contributed by atoms with Gasteiger partial charge in [-0.1, -0.05) is 11.6 Å². The van der Waals surface area contributed by atoms with Gasteiger partial charge in [0, 0.05) is 23.7 Å². The quantitative estimate of drug-likeness (QED) is 0.593. The first-order chi connectivity index (χ1) is 15.4. The van der Waals surface area contributed by atoms with Crippen LogP contribution >= 0.6 is 11.6 Å². The molecule has 1 heterocycles. The molecule has 2 aromatic rings. The van der Waals surface area contributed by atoms with Crippen LogP contribution in [0.1, 0.15) is 19.3 Å². The number of ether oxygens (including phenoxy) is 3. The Bertz CT molecular complexity index is 998. The fourth-order valence-electron chi connectivity index (χ4n) is 4.32. The first-order valence-electron chi connectivity index (χ1n) is 10.2. The number of hydrogen-bond acceptors (Lipinski definition) is 6. The molecule has 3 aliphatic rings. The number of pyridine rings is 1. The van der Waals surface area contributed by atoms with E-state index in [-0.39, 0.29) is 47.4 Å². The summed E-state index contributed by atoms with van der Waals surface area (Å²) in [7, 11) is 1.52. The molecule has 10 heteroatoms. The average Bonchev–Trinajstić information content (AvgIpc) is 3.26. The van der Waals surface area contributed by atoms with E-state index in [1.807, 2.05) is 0 Å². The van der Waals surface area contributed by atoms with Crippen LogP contribution in [0, 0.1) is 11.7 Å². The number of carbonyl (C=O) groups excluding carboxylic acids is 2. The van der Waals surface area contributed by atoms with Crippen LogP contribution < -0.4 is 24.8 Å². The lowest BCUT2D eigenvalue weighted by Crippen LogP contribution is -2.53. The molecule has 2 bridgehead atoms. The van der Waals surface area contributed by atoms with Crippen LogP contribution in [-0.2, 0) is 9.59 Å². The molecule has 0 aliphatic heterocycles. The molecule has 1 unspecified atom stereocenters. The number of aromatic nitrogens is 1. The van der Waals surface area contributed by atoms with E-state index < -0.39 is 5.82 Å². The number of fused-ring (bicyclic) bond motifs is 1. The largest absolute Gasteiger partial charge is 0.484 e. The summed E-state index contributed by atoms with van der Waals surface area (Å²) < 4.78 is 29.2. The summed E-state index contributed by atoms with van der Waals surface area (Å²) >= 11 is 5.63. The number of hydrogen-bond donors (Lipinski definition) is 2. The minimum atomic E-state index is -0.605. The molecule has 3 aliphatic carbocycles. The van der Waals surface area contributed by atoms with Crippen molar-refractivity contribution in [2.75, 3.05) is 20.3 Å². The number of nitrogens with zero attached hydrogens (tertiary/aromatic N) is 1. The van der Waals surface area contributed by atoms with E-state index >= 15 is 0 Å². The molecule has 5 rings (SSSR count). The maximum atomic E-state index is 13.5.